The molecule has 0 aliphatic heterocycles. The van der Waals surface area contributed by atoms with Crippen molar-refractivity contribution in [2.45, 2.75) is 24.3 Å². The van der Waals surface area contributed by atoms with Crippen LogP contribution in [0.4, 0.5) is 0 Å². The van der Waals surface area contributed by atoms with Crippen LogP contribution in [-0.2, 0) is 12.2 Å². The predicted molar refractivity (Wildman–Crippen MR) is 95.0 cm³/mol. The summed E-state index contributed by atoms with van der Waals surface area (Å²) in [7, 11) is 0. The number of thioether (sulfide) groups is 1. The number of nitrogens with zero attached hydrogens (tertiary/aromatic N) is 3. The summed E-state index contributed by atoms with van der Waals surface area (Å²) in [5, 5.41) is 17.8. The molecule has 3 rings (SSSR count). The summed E-state index contributed by atoms with van der Waals surface area (Å²) < 4.78 is 1.50. The number of nitrogens with two attached hydrogens (primary N) is 1. The highest BCUT2D eigenvalue weighted by Gasteiger charge is 2.12. The monoisotopic (exact) mass is 360 g/mol. The van der Waals surface area contributed by atoms with Gasteiger partial charge >= 0.3 is 5.97 Å². The van der Waals surface area contributed by atoms with Gasteiger partial charge in [0.2, 0.25) is 5.16 Å². The number of aromatic nitrogens is 3. The molecule has 0 amide bonds. The second kappa shape index (κ2) is 7.06. The number of rotatable bonds is 6. The molecule has 0 aliphatic carbocycles. The highest BCUT2D eigenvalue weighted by molar-refractivity contribution is 7.98. The maximum atomic E-state index is 10.9. The van der Waals surface area contributed by atoms with E-state index < -0.39 is 5.97 Å². The molecule has 3 aromatic rings. The van der Waals surface area contributed by atoms with Gasteiger partial charge < -0.3 is 10.9 Å². The predicted octanol–water partition coefficient (Wildman–Crippen LogP) is 2.94. The Bertz CT molecular complexity index is 855. The smallest absolute Gasteiger partial charge is 0.345 e. The highest BCUT2D eigenvalue weighted by Crippen LogP contribution is 2.26. The van der Waals surface area contributed by atoms with Gasteiger partial charge in [0.25, 0.3) is 0 Å². The number of carbonyl (C=O) groups is 1. The molecule has 124 valence electrons. The van der Waals surface area contributed by atoms with E-state index in [9.17, 15) is 4.79 Å². The molecule has 0 saturated heterocycles. The summed E-state index contributed by atoms with van der Waals surface area (Å²) in [6, 6.07) is 11.6. The van der Waals surface area contributed by atoms with Crippen molar-refractivity contribution < 1.29 is 9.90 Å². The van der Waals surface area contributed by atoms with Gasteiger partial charge in [-0.05, 0) is 24.6 Å². The first-order chi connectivity index (χ1) is 11.5. The molecule has 0 radical (unpaired) electrons. The largest absolute Gasteiger partial charge is 0.477 e. The van der Waals surface area contributed by atoms with E-state index in [1.807, 2.05) is 13.0 Å². The van der Waals surface area contributed by atoms with Gasteiger partial charge in [-0.1, -0.05) is 41.6 Å². The number of hydrogen-bond acceptors (Lipinski definition) is 6. The zero-order valence-corrected chi connectivity index (χ0v) is 14.6. The molecule has 2 aromatic heterocycles. The van der Waals surface area contributed by atoms with Gasteiger partial charge in [-0.15, -0.1) is 21.5 Å². The van der Waals surface area contributed by atoms with Crippen molar-refractivity contribution in [3.63, 3.8) is 0 Å². The Morgan fingerprint density at radius 3 is 2.67 bits per heavy atom. The summed E-state index contributed by atoms with van der Waals surface area (Å²) in [4.78, 5) is 12.2. The van der Waals surface area contributed by atoms with Crippen molar-refractivity contribution >= 4 is 29.1 Å². The third-order valence-corrected chi connectivity index (χ3v) is 5.68. The van der Waals surface area contributed by atoms with Crippen LogP contribution in [0.5, 0.6) is 0 Å². The van der Waals surface area contributed by atoms with E-state index in [2.05, 4.69) is 34.5 Å². The van der Waals surface area contributed by atoms with Crippen LogP contribution < -0.4 is 5.84 Å². The van der Waals surface area contributed by atoms with E-state index >= 15 is 0 Å². The minimum atomic E-state index is -0.904. The number of benzene rings is 1. The van der Waals surface area contributed by atoms with Crippen molar-refractivity contribution in [1.82, 2.24) is 14.9 Å². The average molecular weight is 360 g/mol. The van der Waals surface area contributed by atoms with Crippen molar-refractivity contribution in [2.75, 3.05) is 5.84 Å². The van der Waals surface area contributed by atoms with Crippen LogP contribution in [0.25, 0.3) is 0 Å². The quantitative estimate of drug-likeness (QED) is 0.518. The summed E-state index contributed by atoms with van der Waals surface area (Å²) in [6.07, 6.45) is 0.618. The average Bonchev–Trinajstić information content (AvgIpc) is 3.16. The molecule has 0 spiro atoms. The lowest BCUT2D eigenvalue weighted by Gasteiger charge is -2.04. The van der Waals surface area contributed by atoms with Crippen molar-refractivity contribution in [2.24, 2.45) is 0 Å². The van der Waals surface area contributed by atoms with Gasteiger partial charge in [0.15, 0.2) is 5.82 Å². The zero-order valence-electron chi connectivity index (χ0n) is 13.0. The molecular formula is C16H16N4O2S2. The minimum Gasteiger partial charge on any atom is -0.477 e. The Morgan fingerprint density at radius 1 is 1.25 bits per heavy atom. The minimum absolute atomic E-state index is 0.333. The molecule has 0 unspecified atom stereocenters. The van der Waals surface area contributed by atoms with Gasteiger partial charge in [-0.3, -0.25) is 0 Å². The summed E-state index contributed by atoms with van der Waals surface area (Å²) in [5.74, 6) is 6.48. The maximum absolute atomic E-state index is 10.9. The molecular weight excluding hydrogens is 344 g/mol. The van der Waals surface area contributed by atoms with Crippen molar-refractivity contribution in [3.05, 3.63) is 63.1 Å². The highest BCUT2D eigenvalue weighted by atomic mass is 32.2. The summed E-state index contributed by atoms with van der Waals surface area (Å²) in [6.45, 7) is 2.05. The lowest BCUT2D eigenvalue weighted by molar-refractivity contribution is 0.0702. The Hall–Kier alpha value is -2.32. The Balaban J connectivity index is 1.65. The third-order valence-electron chi connectivity index (χ3n) is 3.43. The van der Waals surface area contributed by atoms with Crippen molar-refractivity contribution in [1.29, 1.82) is 0 Å². The molecule has 0 bridgehead atoms. The molecule has 3 N–H and O–H groups in total. The Kier molecular flexibility index (Phi) is 4.86. The second-order valence-corrected chi connectivity index (χ2v) is 7.40. The second-order valence-electron chi connectivity index (χ2n) is 5.29. The van der Waals surface area contributed by atoms with Crippen LogP contribution in [0, 0.1) is 6.92 Å². The van der Waals surface area contributed by atoms with E-state index in [-0.39, 0.29) is 0 Å². The molecule has 2 heterocycles. The molecule has 0 atom stereocenters. The molecule has 8 heteroatoms. The Labute approximate surface area is 147 Å². The van der Waals surface area contributed by atoms with Crippen LogP contribution in [0.2, 0.25) is 0 Å². The first-order valence-corrected chi connectivity index (χ1v) is 9.03. The van der Waals surface area contributed by atoms with Gasteiger partial charge in [-0.2, -0.15) is 0 Å². The molecule has 0 saturated carbocycles. The normalized spacial score (nSPS) is 10.9. The Morgan fingerprint density at radius 2 is 2.00 bits per heavy atom. The van der Waals surface area contributed by atoms with Gasteiger partial charge in [0.1, 0.15) is 4.88 Å². The van der Waals surface area contributed by atoms with Gasteiger partial charge in [0, 0.05) is 17.1 Å². The zero-order chi connectivity index (χ0) is 17.1. The molecule has 0 aliphatic rings. The fourth-order valence-corrected chi connectivity index (χ4v) is 3.89. The van der Waals surface area contributed by atoms with E-state index in [1.54, 1.807) is 6.07 Å². The number of thiophene rings is 1. The van der Waals surface area contributed by atoms with E-state index in [0.717, 1.165) is 10.4 Å². The van der Waals surface area contributed by atoms with Crippen LogP contribution in [-0.4, -0.2) is 25.9 Å². The molecule has 0 fully saturated rings. The van der Waals surface area contributed by atoms with Gasteiger partial charge in [0.05, 0.1) is 0 Å². The number of hydrogen-bond donors (Lipinski definition) is 2. The molecule has 6 nitrogen and oxygen atoms in total. The standard InChI is InChI=1S/C16H16N4O2S2/c1-10-2-4-11(5-3-10)8-14-18-19-16(20(14)17)23-9-12-6-7-13(24-12)15(21)22/h2-7H,8-9,17H2,1H3,(H,21,22). The fraction of sp³-hybridized carbons (Fsp3) is 0.188. The first kappa shape index (κ1) is 16.5. The van der Waals surface area contributed by atoms with E-state index in [4.69, 9.17) is 10.9 Å². The number of carboxylic acid groups (broad SMARTS) is 1. The van der Waals surface area contributed by atoms with Gasteiger partial charge in [-0.25, -0.2) is 9.47 Å². The lowest BCUT2D eigenvalue weighted by Crippen LogP contribution is -2.14. The lowest BCUT2D eigenvalue weighted by atomic mass is 10.1. The van der Waals surface area contributed by atoms with Crippen LogP contribution in [0.1, 0.15) is 31.5 Å². The SMILES string of the molecule is Cc1ccc(Cc2nnc(SCc3ccc(C(=O)O)s3)n2N)cc1. The van der Waals surface area contributed by atoms with E-state index in [0.29, 0.717) is 28.0 Å². The fourth-order valence-electron chi connectivity index (χ4n) is 2.12. The maximum Gasteiger partial charge on any atom is 0.345 e. The first-order valence-electron chi connectivity index (χ1n) is 7.22. The summed E-state index contributed by atoms with van der Waals surface area (Å²) >= 11 is 2.70. The van der Waals surface area contributed by atoms with Crippen LogP contribution >= 0.6 is 23.1 Å². The molecule has 24 heavy (non-hydrogen) atoms. The van der Waals surface area contributed by atoms with Crippen molar-refractivity contribution in [3.8, 4) is 0 Å². The topological polar surface area (TPSA) is 94.0 Å². The van der Waals surface area contributed by atoms with Crippen LogP contribution in [0.3, 0.4) is 0 Å². The third kappa shape index (κ3) is 3.77. The number of carboxylic acids is 1. The number of aryl methyl sites for hydroxylation is 1. The molecule has 1 aromatic carbocycles. The number of nitrogen functional groups attached to an aromatic ring is 1. The van der Waals surface area contributed by atoms with Crippen LogP contribution in [0.15, 0.2) is 41.6 Å². The number of aromatic carboxylic acids is 1. The van der Waals surface area contributed by atoms with E-state index in [1.165, 1.54) is 33.3 Å². The summed E-state index contributed by atoms with van der Waals surface area (Å²) in [5.41, 5.74) is 2.33.